The van der Waals surface area contributed by atoms with Gasteiger partial charge in [-0.1, -0.05) is 0 Å². The van der Waals surface area contributed by atoms with Crippen LogP contribution in [0.3, 0.4) is 0 Å². The second kappa shape index (κ2) is 5.43. The third kappa shape index (κ3) is 3.21. The lowest BCUT2D eigenvalue weighted by Crippen LogP contribution is -2.29. The van der Waals surface area contributed by atoms with Crippen molar-refractivity contribution in [2.45, 2.75) is 6.04 Å². The van der Waals surface area contributed by atoms with E-state index in [1.54, 1.807) is 18.4 Å². The minimum Gasteiger partial charge on any atom is -0.467 e. The summed E-state index contributed by atoms with van der Waals surface area (Å²) in [6.45, 7) is 1.67. The maximum Gasteiger partial charge on any atom is 0.154 e. The number of likely N-dealkylation sites (N-methyl/N-ethyl adjacent to an activating group) is 1. The van der Waals surface area contributed by atoms with Gasteiger partial charge in [0.15, 0.2) is 6.04 Å². The molecule has 76 valence electrons. The van der Waals surface area contributed by atoms with Crippen molar-refractivity contribution in [3.05, 3.63) is 24.2 Å². The monoisotopic (exact) mass is 193 g/mol. The van der Waals surface area contributed by atoms with Crippen molar-refractivity contribution in [3.63, 3.8) is 0 Å². The molecule has 0 bridgehead atoms. The van der Waals surface area contributed by atoms with Crippen LogP contribution < -0.4 is 5.32 Å². The van der Waals surface area contributed by atoms with Gasteiger partial charge in [-0.3, -0.25) is 5.32 Å². The number of furan rings is 1. The molecule has 1 atom stereocenters. The summed E-state index contributed by atoms with van der Waals surface area (Å²) in [6.07, 6.45) is 1.58. The van der Waals surface area contributed by atoms with E-state index in [0.29, 0.717) is 5.76 Å². The lowest BCUT2D eigenvalue weighted by Gasteiger charge is -2.12. The Labute approximate surface area is 84.1 Å². The zero-order valence-electron chi connectivity index (χ0n) is 8.53. The number of nitrogens with zero attached hydrogens (tertiary/aromatic N) is 2. The smallest absolute Gasteiger partial charge is 0.154 e. The highest BCUT2D eigenvalue weighted by atomic mass is 16.3. The van der Waals surface area contributed by atoms with Gasteiger partial charge in [-0.05, 0) is 26.2 Å². The topological polar surface area (TPSA) is 52.2 Å². The molecule has 0 fully saturated rings. The molecule has 0 amide bonds. The van der Waals surface area contributed by atoms with Crippen molar-refractivity contribution in [3.8, 4) is 6.07 Å². The summed E-state index contributed by atoms with van der Waals surface area (Å²) in [6, 6.07) is 5.40. The maximum atomic E-state index is 8.88. The van der Waals surface area contributed by atoms with Gasteiger partial charge in [-0.15, -0.1) is 0 Å². The molecule has 1 aromatic heterocycles. The predicted molar refractivity (Wildman–Crippen MR) is 53.6 cm³/mol. The second-order valence-electron chi connectivity index (χ2n) is 3.33. The minimum absolute atomic E-state index is 0.343. The van der Waals surface area contributed by atoms with Gasteiger partial charge < -0.3 is 9.32 Å². The molecule has 0 aliphatic heterocycles. The summed E-state index contributed by atoms with van der Waals surface area (Å²) in [5, 5.41) is 12.0. The molecule has 1 heterocycles. The van der Waals surface area contributed by atoms with Crippen molar-refractivity contribution in [2.24, 2.45) is 0 Å². The Morgan fingerprint density at radius 1 is 1.64 bits per heavy atom. The Kier molecular flexibility index (Phi) is 4.17. The first-order valence-electron chi connectivity index (χ1n) is 4.55. The Bertz CT molecular complexity index is 287. The molecular weight excluding hydrogens is 178 g/mol. The predicted octanol–water partition coefficient (Wildman–Crippen LogP) is 0.995. The average molecular weight is 193 g/mol. The van der Waals surface area contributed by atoms with Gasteiger partial charge in [-0.2, -0.15) is 5.26 Å². The molecule has 0 aliphatic rings. The number of nitriles is 1. The van der Waals surface area contributed by atoms with Crippen LogP contribution in [-0.4, -0.2) is 32.1 Å². The first-order valence-corrected chi connectivity index (χ1v) is 4.55. The summed E-state index contributed by atoms with van der Waals surface area (Å²) < 4.78 is 5.15. The summed E-state index contributed by atoms with van der Waals surface area (Å²) in [4.78, 5) is 2.06. The molecule has 0 aromatic carbocycles. The number of rotatable bonds is 5. The van der Waals surface area contributed by atoms with Gasteiger partial charge in [0.05, 0.1) is 12.3 Å². The highest BCUT2D eigenvalue weighted by molar-refractivity contribution is 5.12. The van der Waals surface area contributed by atoms with E-state index in [2.05, 4.69) is 16.3 Å². The molecule has 1 unspecified atom stereocenters. The SMILES string of the molecule is CN(C)CCNC(C#N)c1ccco1. The van der Waals surface area contributed by atoms with Crippen LogP contribution in [-0.2, 0) is 0 Å². The van der Waals surface area contributed by atoms with Crippen molar-refractivity contribution in [1.29, 1.82) is 5.26 Å². The van der Waals surface area contributed by atoms with Gasteiger partial charge in [0.1, 0.15) is 5.76 Å². The number of hydrogen-bond acceptors (Lipinski definition) is 4. The van der Waals surface area contributed by atoms with Crippen LogP contribution in [0.4, 0.5) is 0 Å². The molecule has 14 heavy (non-hydrogen) atoms. The molecule has 1 aromatic rings. The van der Waals surface area contributed by atoms with E-state index in [0.717, 1.165) is 13.1 Å². The van der Waals surface area contributed by atoms with E-state index in [-0.39, 0.29) is 6.04 Å². The largest absolute Gasteiger partial charge is 0.467 e. The molecule has 0 aliphatic carbocycles. The van der Waals surface area contributed by atoms with Crippen LogP contribution in [0.2, 0.25) is 0 Å². The Morgan fingerprint density at radius 2 is 2.43 bits per heavy atom. The van der Waals surface area contributed by atoms with E-state index in [4.69, 9.17) is 9.68 Å². The van der Waals surface area contributed by atoms with Gasteiger partial charge in [0.2, 0.25) is 0 Å². The summed E-state index contributed by atoms with van der Waals surface area (Å²) in [5.41, 5.74) is 0. The standard InChI is InChI=1S/C10H15N3O/c1-13(2)6-5-12-9(8-11)10-4-3-7-14-10/h3-4,7,9,12H,5-6H2,1-2H3. The first kappa shape index (κ1) is 10.8. The van der Waals surface area contributed by atoms with E-state index >= 15 is 0 Å². The normalized spacial score (nSPS) is 12.7. The molecule has 4 nitrogen and oxygen atoms in total. The molecule has 0 saturated carbocycles. The van der Waals surface area contributed by atoms with Crippen LogP contribution in [0, 0.1) is 11.3 Å². The third-order valence-electron chi connectivity index (χ3n) is 1.86. The molecule has 0 spiro atoms. The van der Waals surface area contributed by atoms with E-state index in [1.165, 1.54) is 0 Å². The Morgan fingerprint density at radius 3 is 2.93 bits per heavy atom. The first-order chi connectivity index (χ1) is 6.74. The lowest BCUT2D eigenvalue weighted by molar-refractivity contribution is 0.382. The second-order valence-corrected chi connectivity index (χ2v) is 3.33. The fourth-order valence-corrected chi connectivity index (χ4v) is 1.10. The van der Waals surface area contributed by atoms with Gasteiger partial charge >= 0.3 is 0 Å². The molecule has 1 N–H and O–H groups in total. The third-order valence-corrected chi connectivity index (χ3v) is 1.86. The molecule has 4 heteroatoms. The van der Waals surface area contributed by atoms with Crippen molar-refractivity contribution in [1.82, 2.24) is 10.2 Å². The number of nitrogens with one attached hydrogen (secondary N) is 1. The van der Waals surface area contributed by atoms with Crippen LogP contribution >= 0.6 is 0 Å². The summed E-state index contributed by atoms with van der Waals surface area (Å²) in [5.74, 6) is 0.672. The lowest BCUT2D eigenvalue weighted by atomic mass is 10.2. The van der Waals surface area contributed by atoms with Crippen molar-refractivity contribution < 1.29 is 4.42 Å². The molecular formula is C10H15N3O. The molecule has 1 rings (SSSR count). The fourth-order valence-electron chi connectivity index (χ4n) is 1.10. The highest BCUT2D eigenvalue weighted by Gasteiger charge is 2.11. The maximum absolute atomic E-state index is 8.88. The summed E-state index contributed by atoms with van der Waals surface area (Å²) in [7, 11) is 3.99. The Hall–Kier alpha value is -1.31. The quantitative estimate of drug-likeness (QED) is 0.757. The molecule has 0 saturated heterocycles. The zero-order chi connectivity index (χ0) is 10.4. The van der Waals surface area contributed by atoms with Crippen LogP contribution in [0.5, 0.6) is 0 Å². The van der Waals surface area contributed by atoms with Crippen LogP contribution in [0.25, 0.3) is 0 Å². The Balaban J connectivity index is 2.38. The van der Waals surface area contributed by atoms with Crippen molar-refractivity contribution >= 4 is 0 Å². The van der Waals surface area contributed by atoms with Gasteiger partial charge in [-0.25, -0.2) is 0 Å². The summed E-state index contributed by atoms with van der Waals surface area (Å²) >= 11 is 0. The highest BCUT2D eigenvalue weighted by Crippen LogP contribution is 2.11. The van der Waals surface area contributed by atoms with Crippen LogP contribution in [0.1, 0.15) is 11.8 Å². The fraction of sp³-hybridized carbons (Fsp3) is 0.500. The van der Waals surface area contributed by atoms with Crippen molar-refractivity contribution in [2.75, 3.05) is 27.2 Å². The zero-order valence-corrected chi connectivity index (χ0v) is 8.53. The van der Waals surface area contributed by atoms with E-state index in [9.17, 15) is 0 Å². The average Bonchev–Trinajstić information content (AvgIpc) is 2.64. The van der Waals surface area contributed by atoms with Gasteiger partial charge in [0, 0.05) is 13.1 Å². The minimum atomic E-state index is -0.343. The van der Waals surface area contributed by atoms with Crippen LogP contribution in [0.15, 0.2) is 22.8 Å². The van der Waals surface area contributed by atoms with E-state index < -0.39 is 0 Å². The number of hydrogen-bond donors (Lipinski definition) is 1. The molecule has 0 radical (unpaired) electrons. The van der Waals surface area contributed by atoms with Gasteiger partial charge in [0.25, 0.3) is 0 Å². The van der Waals surface area contributed by atoms with E-state index in [1.807, 2.05) is 14.1 Å².